The first-order valence-electron chi connectivity index (χ1n) is 24.3. The molecule has 2 aromatic carbocycles. The zero-order valence-electron chi connectivity index (χ0n) is 42.8. The molecular weight excluding hydrogens is 1000 g/mol. The number of methoxy groups -OCH3 is 4. The van der Waals surface area contributed by atoms with Crippen LogP contribution in [0.2, 0.25) is 38.3 Å². The van der Waals surface area contributed by atoms with Gasteiger partial charge in [0, 0.05) is 19.0 Å². The van der Waals surface area contributed by atoms with Gasteiger partial charge in [0.05, 0.1) is 46.4 Å². The van der Waals surface area contributed by atoms with Gasteiger partial charge in [0.1, 0.15) is 22.7 Å². The van der Waals surface area contributed by atoms with Gasteiger partial charge in [-0.2, -0.15) is 0 Å². The van der Waals surface area contributed by atoms with Crippen LogP contribution in [0.1, 0.15) is 76.3 Å². The number of fused-ring (bicyclic) bond motifs is 2. The number of esters is 2. The number of aldehydes is 1. The molecule has 1 N–H and O–H groups in total. The van der Waals surface area contributed by atoms with Gasteiger partial charge in [-0.15, -0.1) is 12.8 Å². The van der Waals surface area contributed by atoms with E-state index in [-0.39, 0.29) is 30.8 Å². The average molecular weight is 1080 g/mol. The molecule has 18 heteroatoms. The molecule has 0 aromatic heterocycles. The van der Waals surface area contributed by atoms with Gasteiger partial charge in [-0.25, -0.2) is 28.2 Å². The van der Waals surface area contributed by atoms with Gasteiger partial charge in [-0.3, -0.25) is 14.4 Å². The van der Waals surface area contributed by atoms with E-state index in [0.29, 0.717) is 30.6 Å². The molecule has 0 saturated carbocycles. The van der Waals surface area contributed by atoms with E-state index < -0.39 is 68.8 Å². The third-order valence-electron chi connectivity index (χ3n) is 15.2. The van der Waals surface area contributed by atoms with E-state index in [4.69, 9.17) is 37.5 Å². The number of hydrogen-bond donors (Lipinski definition) is 1. The van der Waals surface area contributed by atoms with Crippen molar-refractivity contribution in [2.24, 2.45) is 17.8 Å². The van der Waals surface area contributed by atoms with Gasteiger partial charge in [-0.05, 0) is 120 Å². The average Bonchev–Trinajstić information content (AvgIpc) is 3.67. The fraction of sp³-hybridized carbons (Fsp3) is 0.577. The molecule has 0 bridgehead atoms. The van der Waals surface area contributed by atoms with Crippen molar-refractivity contribution in [2.75, 3.05) is 28.4 Å². The number of rotatable bonds is 11. The van der Waals surface area contributed by atoms with Crippen LogP contribution in [0, 0.1) is 24.2 Å². The molecule has 4 saturated heterocycles. The van der Waals surface area contributed by atoms with Crippen LogP contribution in [0.4, 0.5) is 0 Å². The second kappa shape index (κ2) is 23.8. The van der Waals surface area contributed by atoms with Crippen LogP contribution in [-0.2, 0) is 72.7 Å². The topological polar surface area (TPSA) is 167 Å². The molecule has 4 fully saturated rings. The molecule has 0 spiro atoms. The van der Waals surface area contributed by atoms with E-state index in [1.807, 2.05) is 68.6 Å². The second-order valence-corrected chi connectivity index (χ2v) is 28.8. The number of amides is 2. The number of aliphatic hydroxyl groups is 1. The number of likely N-dealkylation sites (tertiary alicyclic amines) is 2. The van der Waals surface area contributed by atoms with Crippen LogP contribution in [0.5, 0.6) is 11.5 Å². The van der Waals surface area contributed by atoms with Crippen molar-refractivity contribution in [3.63, 3.8) is 0 Å². The van der Waals surface area contributed by atoms with Crippen molar-refractivity contribution in [3.05, 3.63) is 90.4 Å². The van der Waals surface area contributed by atoms with Crippen LogP contribution in [0.25, 0.3) is 0 Å². The SMILES string of the molecule is C1=CCCC[CH-]1.COC(=O)[C@]1(C=O)N(Cc2ccc(OC)cc2)C(=O)[C@@H]2CC[Si](C)(C)O[C@@]21C.COC(=O)[C@]1([C@@H](O)[C@@H]2C=CCCC2)N(Cc2ccc(OC)cc2)C(=O)[C@@H]2CC[Si](C)(C)O[C@@]21C.[Cl][Zn+]. The van der Waals surface area contributed by atoms with Crippen molar-refractivity contribution in [1.29, 1.82) is 0 Å². The zero-order valence-corrected chi connectivity index (χ0v) is 48.5. The molecule has 2 amide bonds. The molecule has 0 radical (unpaired) electrons. The molecule has 14 nitrogen and oxygen atoms in total. The first-order valence-corrected chi connectivity index (χ1v) is 34.4. The van der Waals surface area contributed by atoms with Crippen LogP contribution in [0.3, 0.4) is 0 Å². The molecule has 8 atom stereocenters. The normalized spacial score (nSPS) is 30.5. The molecular formula is C52H73ClN2O12Si2Zn. The number of carbonyl (C=O) groups excluding carboxylic acids is 5. The number of hydrogen-bond acceptors (Lipinski definition) is 12. The van der Waals surface area contributed by atoms with Crippen molar-refractivity contribution in [2.45, 2.75) is 145 Å². The molecule has 380 valence electrons. The predicted octanol–water partition coefficient (Wildman–Crippen LogP) is 8.43. The zero-order chi connectivity index (χ0) is 51.7. The Labute approximate surface area is 431 Å². The fourth-order valence-electron chi connectivity index (χ4n) is 11.6. The summed E-state index contributed by atoms with van der Waals surface area (Å²) in [6, 6.07) is 16.2. The Morgan fingerprint density at radius 2 is 1.26 bits per heavy atom. The number of nitrogens with zero attached hydrogens (tertiary/aromatic N) is 2. The molecule has 4 aliphatic heterocycles. The number of allylic oxidation sites excluding steroid dienone is 3. The Kier molecular flexibility index (Phi) is 19.4. The summed E-state index contributed by atoms with van der Waals surface area (Å²) < 4.78 is 34.0. The fourth-order valence-corrected chi connectivity index (χ4v) is 16.7. The molecule has 8 rings (SSSR count). The van der Waals surface area contributed by atoms with E-state index in [1.54, 1.807) is 38.2 Å². The van der Waals surface area contributed by atoms with Crippen LogP contribution < -0.4 is 9.47 Å². The first-order chi connectivity index (χ1) is 33.2. The summed E-state index contributed by atoms with van der Waals surface area (Å²) in [5, 5.41) is 12.0. The number of halogens is 1. The van der Waals surface area contributed by atoms with E-state index in [9.17, 15) is 29.1 Å². The Morgan fingerprint density at radius 3 is 1.67 bits per heavy atom. The monoisotopic (exact) mass is 1070 g/mol. The Balaban J connectivity index is 0.000000228. The Morgan fingerprint density at radius 1 is 0.771 bits per heavy atom. The van der Waals surface area contributed by atoms with E-state index in [1.165, 1.54) is 38.4 Å². The van der Waals surface area contributed by atoms with E-state index in [0.717, 1.165) is 59.8 Å². The summed E-state index contributed by atoms with van der Waals surface area (Å²) in [5.74, 6) is -1.75. The summed E-state index contributed by atoms with van der Waals surface area (Å²) in [6.07, 6.45) is 17.8. The number of carbonyl (C=O) groups is 5. The summed E-state index contributed by atoms with van der Waals surface area (Å²) in [6.45, 7) is 12.1. The van der Waals surface area contributed by atoms with Crippen molar-refractivity contribution in [3.8, 4) is 11.5 Å². The minimum atomic E-state index is -2.19. The molecule has 0 unspecified atom stereocenters. The van der Waals surface area contributed by atoms with Gasteiger partial charge >= 0.3 is 38.9 Å². The number of aliphatic hydroxyl groups excluding tert-OH is 1. The molecule has 4 heterocycles. The van der Waals surface area contributed by atoms with Gasteiger partial charge in [0.25, 0.3) is 0 Å². The van der Waals surface area contributed by atoms with Gasteiger partial charge < -0.3 is 42.7 Å². The van der Waals surface area contributed by atoms with Gasteiger partial charge in [-0.1, -0.05) is 42.8 Å². The molecule has 70 heavy (non-hydrogen) atoms. The standard InChI is InChI=1S/C26H37NO6Si.C20H27NO6Si.C6H9.ClH.Zn/c1-25-21(15-16-34(4,5)33-25)23(29)27(17-18-11-13-20(31-2)14-12-18)26(25,24(30)32-3)22(28)19-9-7-6-8-10-19;1-19-16(10-11-28(4,5)27-19)17(23)21(20(19,13-22)18(24)26-3)12-14-6-8-15(25-2)9-7-14;1-2-4-6-5-3-1;;/h7,9,11-14,19,21-22,28H,6,8,10,15-17H2,1-5H3;6-9,13,16H,10-12H2,1-5H3;1-3H,4-6H2;1H;/q;;-1;;+2/p-1/t19-,21+,22+,25+,26+;16-,19-,20-;;;/m10.../s1. The van der Waals surface area contributed by atoms with Crippen LogP contribution in [0.15, 0.2) is 72.8 Å². The summed E-state index contributed by atoms with van der Waals surface area (Å²) in [5.41, 5.74) is -4.29. The third-order valence-corrected chi connectivity index (χ3v) is 20.1. The maximum absolute atomic E-state index is 14.0. The van der Waals surface area contributed by atoms with Gasteiger partial charge in [0.2, 0.25) is 17.4 Å². The quantitative estimate of drug-likeness (QED) is 0.0571. The summed E-state index contributed by atoms with van der Waals surface area (Å²) >= 11 is 0.847. The molecule has 2 aromatic rings. The number of benzene rings is 2. The number of ether oxygens (including phenoxy) is 4. The van der Waals surface area contributed by atoms with E-state index in [2.05, 4.69) is 31.7 Å². The van der Waals surface area contributed by atoms with Crippen LogP contribution in [-0.4, -0.2) is 118 Å². The summed E-state index contributed by atoms with van der Waals surface area (Å²) in [7, 11) is 6.16. The van der Waals surface area contributed by atoms with Crippen molar-refractivity contribution < 1.29 is 74.2 Å². The minimum absolute atomic E-state index is 0.105. The van der Waals surface area contributed by atoms with Gasteiger partial charge in [0.15, 0.2) is 28.5 Å². The molecule has 6 aliphatic rings. The first kappa shape index (κ1) is 57.1. The van der Waals surface area contributed by atoms with E-state index >= 15 is 0 Å². The predicted molar refractivity (Wildman–Crippen MR) is 268 cm³/mol. The Bertz CT molecular complexity index is 2210. The third kappa shape index (κ3) is 10.9. The van der Waals surface area contributed by atoms with Crippen LogP contribution >= 0.6 is 9.69 Å². The van der Waals surface area contributed by atoms with Crippen molar-refractivity contribution >= 4 is 56.4 Å². The summed E-state index contributed by atoms with van der Waals surface area (Å²) in [4.78, 5) is 69.5. The second-order valence-electron chi connectivity index (χ2n) is 20.4. The molecule has 2 aliphatic carbocycles. The maximum atomic E-state index is 14.0. The van der Waals surface area contributed by atoms with Crippen molar-refractivity contribution in [1.82, 2.24) is 9.80 Å². The Hall–Kier alpha value is -3.83.